The third-order valence-electron chi connectivity index (χ3n) is 9.78. The number of amides is 4. The SMILES string of the molecule is CC(C)C[C@H](NC(=O)OC(C)(C)C)C(=O)N1C[C@H](F)[C@H]2OC[C@H](O)[C@H]21.CC(C)C[C@H](NC(=O)c1cc2ccccc2o1)C(=O)N1C[C@H](F)[C@H]2OC[C@H](O)[C@H]21. The number of aliphatic hydroxyl groups excluding tert-OH is 2. The predicted octanol–water partition coefficient (Wildman–Crippen LogP) is 3.12. The van der Waals surface area contributed by atoms with Crippen molar-refractivity contribution in [2.45, 2.75) is 128 Å². The van der Waals surface area contributed by atoms with Gasteiger partial charge in [0.25, 0.3) is 5.91 Å². The molecule has 4 aliphatic rings. The number of nitrogens with one attached hydrogen (secondary N) is 2. The highest BCUT2D eigenvalue weighted by atomic mass is 19.1. The Morgan fingerprint density at radius 1 is 0.833 bits per heavy atom. The molecule has 4 N–H and O–H groups in total. The summed E-state index contributed by atoms with van der Waals surface area (Å²) in [6.45, 7) is 12.6. The fourth-order valence-electron chi connectivity index (χ4n) is 7.52. The molecule has 300 valence electrons. The van der Waals surface area contributed by atoms with Crippen molar-refractivity contribution in [2.24, 2.45) is 11.8 Å². The maximum Gasteiger partial charge on any atom is 0.408 e. The molecule has 0 unspecified atom stereocenters. The van der Waals surface area contributed by atoms with Crippen LogP contribution in [-0.2, 0) is 23.8 Å². The van der Waals surface area contributed by atoms with Gasteiger partial charge in [-0.05, 0) is 57.6 Å². The second-order valence-corrected chi connectivity index (χ2v) is 16.4. The molecule has 0 saturated carbocycles. The number of para-hydroxylation sites is 1. The molecule has 54 heavy (non-hydrogen) atoms. The minimum atomic E-state index is -1.35. The summed E-state index contributed by atoms with van der Waals surface area (Å²) in [6, 6.07) is 5.74. The van der Waals surface area contributed by atoms with E-state index in [9.17, 15) is 38.2 Å². The first kappa shape index (κ1) is 41.3. The molecule has 4 amide bonds. The average Bonchev–Trinajstić information content (AvgIpc) is 3.89. The number of furan rings is 1. The zero-order chi connectivity index (χ0) is 39.6. The van der Waals surface area contributed by atoms with E-state index in [2.05, 4.69) is 10.6 Å². The number of likely N-dealkylation sites (tertiary alicyclic amines) is 2. The van der Waals surface area contributed by atoms with Gasteiger partial charge in [0.05, 0.1) is 38.4 Å². The van der Waals surface area contributed by atoms with E-state index in [-0.39, 0.29) is 43.9 Å². The van der Waals surface area contributed by atoms with Gasteiger partial charge < -0.3 is 49.3 Å². The molecule has 16 heteroatoms. The second kappa shape index (κ2) is 16.9. The van der Waals surface area contributed by atoms with Gasteiger partial charge in [-0.3, -0.25) is 14.4 Å². The molecule has 4 aliphatic heterocycles. The van der Waals surface area contributed by atoms with Crippen LogP contribution in [-0.4, -0.2) is 137 Å². The van der Waals surface area contributed by atoms with Gasteiger partial charge in [-0.25, -0.2) is 13.6 Å². The van der Waals surface area contributed by atoms with Crippen molar-refractivity contribution >= 4 is 34.8 Å². The number of ether oxygens (including phenoxy) is 3. The quantitative estimate of drug-likeness (QED) is 0.297. The highest BCUT2D eigenvalue weighted by molar-refractivity contribution is 5.98. The molecule has 1 aromatic heterocycles. The van der Waals surface area contributed by atoms with Crippen molar-refractivity contribution < 1.29 is 56.8 Å². The Kier molecular flexibility index (Phi) is 12.9. The van der Waals surface area contributed by atoms with Crippen LogP contribution in [0, 0.1) is 11.8 Å². The second-order valence-electron chi connectivity index (χ2n) is 16.4. The van der Waals surface area contributed by atoms with Gasteiger partial charge in [0.2, 0.25) is 11.8 Å². The number of fused-ring (bicyclic) bond motifs is 3. The van der Waals surface area contributed by atoms with Crippen LogP contribution in [0.5, 0.6) is 0 Å². The molecule has 4 saturated heterocycles. The summed E-state index contributed by atoms with van der Waals surface area (Å²) in [5.74, 6) is -0.977. The lowest BCUT2D eigenvalue weighted by Gasteiger charge is -2.30. The molecule has 0 bridgehead atoms. The minimum absolute atomic E-state index is 0.000274. The van der Waals surface area contributed by atoms with E-state index in [1.807, 2.05) is 45.9 Å². The van der Waals surface area contributed by atoms with Gasteiger partial charge in [-0.15, -0.1) is 0 Å². The molecule has 0 spiro atoms. The zero-order valence-corrected chi connectivity index (χ0v) is 31.9. The summed E-state index contributed by atoms with van der Waals surface area (Å²) < 4.78 is 49.8. The van der Waals surface area contributed by atoms with E-state index in [1.54, 1.807) is 32.9 Å². The molecule has 5 heterocycles. The van der Waals surface area contributed by atoms with Gasteiger partial charge in [0.15, 0.2) is 5.76 Å². The van der Waals surface area contributed by atoms with Crippen molar-refractivity contribution in [3.8, 4) is 0 Å². The van der Waals surface area contributed by atoms with Crippen molar-refractivity contribution in [1.29, 1.82) is 0 Å². The van der Waals surface area contributed by atoms with Crippen LogP contribution in [0.15, 0.2) is 34.7 Å². The number of nitrogens with zero attached hydrogens (tertiary/aromatic N) is 2. The smallest absolute Gasteiger partial charge is 0.408 e. The maximum atomic E-state index is 14.3. The predicted molar refractivity (Wildman–Crippen MR) is 192 cm³/mol. The lowest BCUT2D eigenvalue weighted by atomic mass is 10.0. The minimum Gasteiger partial charge on any atom is -0.451 e. The van der Waals surface area contributed by atoms with Crippen LogP contribution in [0.2, 0.25) is 0 Å². The van der Waals surface area contributed by atoms with Crippen LogP contribution >= 0.6 is 0 Å². The molecule has 0 aliphatic carbocycles. The number of halogens is 2. The highest BCUT2D eigenvalue weighted by Gasteiger charge is 2.54. The van der Waals surface area contributed by atoms with E-state index >= 15 is 0 Å². The first-order valence-electron chi connectivity index (χ1n) is 18.6. The monoisotopic (exact) mass is 764 g/mol. The summed E-state index contributed by atoms with van der Waals surface area (Å²) in [5.41, 5.74) is -0.105. The summed E-state index contributed by atoms with van der Waals surface area (Å²) in [5, 5.41) is 26.3. The fraction of sp³-hybridized carbons (Fsp3) is 0.684. The summed E-state index contributed by atoms with van der Waals surface area (Å²) >= 11 is 0. The zero-order valence-electron chi connectivity index (χ0n) is 31.9. The Bertz CT molecular complexity index is 1620. The third-order valence-corrected chi connectivity index (χ3v) is 9.78. The Morgan fingerprint density at radius 2 is 1.31 bits per heavy atom. The van der Waals surface area contributed by atoms with Gasteiger partial charge in [0, 0.05) is 5.39 Å². The van der Waals surface area contributed by atoms with Crippen molar-refractivity contribution in [3.63, 3.8) is 0 Å². The Hall–Kier alpha value is -3.86. The van der Waals surface area contributed by atoms with Crippen LogP contribution in [0.4, 0.5) is 13.6 Å². The number of rotatable bonds is 9. The molecular weight excluding hydrogens is 710 g/mol. The van der Waals surface area contributed by atoms with Gasteiger partial charge in [-0.1, -0.05) is 45.9 Å². The Morgan fingerprint density at radius 3 is 1.78 bits per heavy atom. The van der Waals surface area contributed by atoms with Gasteiger partial charge >= 0.3 is 6.09 Å². The number of carbonyl (C=O) groups is 4. The molecule has 2 aromatic rings. The normalized spacial score (nSPS) is 28.8. The van der Waals surface area contributed by atoms with E-state index in [1.165, 1.54) is 9.80 Å². The lowest BCUT2D eigenvalue weighted by molar-refractivity contribution is -0.137. The first-order valence-corrected chi connectivity index (χ1v) is 18.6. The standard InChI is InChI=1S/C21H25FN2O5.C17H29FN2O5/c1-11(2)7-14(21(27)24-9-13(22)19-18(24)15(25)10-28-19)23-20(26)17-8-12-5-3-4-6-16(12)29-17;1-9(2)6-11(19-16(23)25-17(3,4)5)15(22)20-7-10(18)14-13(20)12(21)8-24-14/h3-6,8,11,13-15,18-19,25H,7,9-10H2,1-2H3,(H,23,26);9-14,21H,6-8H2,1-5H3,(H,19,23)/t13-,14-,15-,18+,19+;10-,11-,12-,13+,14+/m00/s1. The van der Waals surface area contributed by atoms with Crippen LogP contribution in [0.25, 0.3) is 11.0 Å². The summed E-state index contributed by atoms with van der Waals surface area (Å²) in [7, 11) is 0. The van der Waals surface area contributed by atoms with Crippen LogP contribution < -0.4 is 10.6 Å². The van der Waals surface area contributed by atoms with Crippen molar-refractivity contribution in [3.05, 3.63) is 36.1 Å². The maximum absolute atomic E-state index is 14.3. The van der Waals surface area contributed by atoms with Crippen LogP contribution in [0.3, 0.4) is 0 Å². The molecular formula is C38H54F2N4O10. The molecule has 4 fully saturated rings. The van der Waals surface area contributed by atoms with Gasteiger partial charge in [0.1, 0.15) is 60.0 Å². The van der Waals surface area contributed by atoms with Crippen molar-refractivity contribution in [2.75, 3.05) is 26.3 Å². The number of aliphatic hydroxyl groups is 2. The first-order chi connectivity index (χ1) is 25.3. The highest BCUT2D eigenvalue weighted by Crippen LogP contribution is 2.34. The van der Waals surface area contributed by atoms with E-state index in [4.69, 9.17) is 18.6 Å². The number of benzene rings is 1. The number of hydrogen-bond acceptors (Lipinski definition) is 10. The molecule has 1 aromatic carbocycles. The molecule has 14 nitrogen and oxygen atoms in total. The molecule has 0 radical (unpaired) electrons. The third kappa shape index (κ3) is 9.50. The number of hydrogen-bond donors (Lipinski definition) is 4. The molecule has 6 rings (SSSR count). The Balaban J connectivity index is 0.000000210. The number of carbonyl (C=O) groups excluding carboxylic acids is 4. The van der Waals surface area contributed by atoms with E-state index in [0.717, 1.165) is 5.39 Å². The number of alkyl carbamates (subject to hydrolysis) is 1. The van der Waals surface area contributed by atoms with Crippen molar-refractivity contribution in [1.82, 2.24) is 20.4 Å². The Labute approximate surface area is 313 Å². The largest absolute Gasteiger partial charge is 0.451 e. The average molecular weight is 765 g/mol. The molecule has 10 atom stereocenters. The van der Waals surface area contributed by atoms with E-state index in [0.29, 0.717) is 18.4 Å². The topological polar surface area (TPSA) is 180 Å². The number of alkyl halides is 2. The summed E-state index contributed by atoms with van der Waals surface area (Å²) in [4.78, 5) is 53.6. The summed E-state index contributed by atoms with van der Waals surface area (Å²) in [6.07, 6.45) is -6.10. The lowest BCUT2D eigenvalue weighted by Crippen LogP contribution is -2.54. The van der Waals surface area contributed by atoms with Gasteiger partial charge in [-0.2, -0.15) is 0 Å². The fourth-order valence-corrected chi connectivity index (χ4v) is 7.52. The van der Waals surface area contributed by atoms with Crippen LogP contribution in [0.1, 0.15) is 71.9 Å². The van der Waals surface area contributed by atoms with E-state index < -0.39 is 90.3 Å².